The molecule has 3 fully saturated rings. The molecule has 0 saturated heterocycles. The van der Waals surface area contributed by atoms with Crippen LogP contribution in [0.15, 0.2) is 24.3 Å². The Hall–Kier alpha value is -2.14. The molecule has 1 aromatic carbocycles. The van der Waals surface area contributed by atoms with E-state index in [2.05, 4.69) is 5.32 Å². The van der Waals surface area contributed by atoms with Gasteiger partial charge < -0.3 is 15.5 Å². The van der Waals surface area contributed by atoms with Gasteiger partial charge in [0.2, 0.25) is 0 Å². The molecule has 3 saturated carbocycles. The van der Waals surface area contributed by atoms with Gasteiger partial charge in [-0.1, -0.05) is 6.07 Å². The van der Waals surface area contributed by atoms with Crippen LogP contribution in [0, 0.1) is 12.3 Å². The van der Waals surface area contributed by atoms with Crippen molar-refractivity contribution in [1.82, 2.24) is 10.3 Å². The normalized spacial score (nSPS) is 28.4. The number of nitrogens with one attached hydrogen (secondary N) is 1. The molecule has 132 valence electrons. The Morgan fingerprint density at radius 3 is 2.48 bits per heavy atom. The van der Waals surface area contributed by atoms with Crippen molar-refractivity contribution in [3.8, 4) is 5.75 Å². The first kappa shape index (κ1) is 16.3. The number of nitrogens with zero attached hydrogens (tertiary/aromatic N) is 1. The number of rotatable bonds is 4. The summed E-state index contributed by atoms with van der Waals surface area (Å²) in [7, 11) is 0. The van der Waals surface area contributed by atoms with Crippen LogP contribution in [0.2, 0.25) is 0 Å². The molecule has 3 aliphatic rings. The fourth-order valence-corrected chi connectivity index (χ4v) is 4.45. The van der Waals surface area contributed by atoms with Gasteiger partial charge in [0.25, 0.3) is 0 Å². The van der Waals surface area contributed by atoms with Crippen LogP contribution in [0.25, 0.3) is 10.9 Å². The van der Waals surface area contributed by atoms with Crippen molar-refractivity contribution in [3.63, 3.8) is 0 Å². The molecule has 3 N–H and O–H groups in total. The molecule has 1 aromatic heterocycles. The van der Waals surface area contributed by atoms with Gasteiger partial charge in [-0.15, -0.1) is 0 Å². The third-order valence-electron chi connectivity index (χ3n) is 6.41. The summed E-state index contributed by atoms with van der Waals surface area (Å²) in [4.78, 5) is 16.3. The van der Waals surface area contributed by atoms with E-state index >= 15 is 0 Å². The number of hydrogen-bond acceptors (Lipinski definition) is 4. The number of benzene rings is 1. The van der Waals surface area contributed by atoms with Crippen LogP contribution in [0.3, 0.4) is 0 Å². The van der Waals surface area contributed by atoms with Crippen molar-refractivity contribution in [2.75, 3.05) is 0 Å². The van der Waals surface area contributed by atoms with Gasteiger partial charge in [-0.05, 0) is 69.2 Å². The summed E-state index contributed by atoms with van der Waals surface area (Å²) in [6, 6.07) is 7.65. The van der Waals surface area contributed by atoms with Gasteiger partial charge in [0.15, 0.2) is 0 Å². The quantitative estimate of drug-likeness (QED) is 0.793. The first-order valence-corrected chi connectivity index (χ1v) is 8.99. The molecule has 0 aliphatic heterocycles. The van der Waals surface area contributed by atoms with Gasteiger partial charge in [-0.2, -0.15) is 0 Å². The van der Waals surface area contributed by atoms with E-state index in [-0.39, 0.29) is 5.54 Å². The molecule has 0 unspecified atom stereocenters. The van der Waals surface area contributed by atoms with E-state index in [1.807, 2.05) is 25.1 Å². The number of fused-ring (bicyclic) bond motifs is 4. The molecule has 5 heteroatoms. The highest BCUT2D eigenvalue weighted by atomic mass is 16.4. The molecule has 5 rings (SSSR count). The second-order valence-electron chi connectivity index (χ2n) is 7.85. The number of hydrogen-bond donors (Lipinski definition) is 3. The maximum Gasteiger partial charge on any atom is 0.309 e. The van der Waals surface area contributed by atoms with Crippen molar-refractivity contribution in [1.29, 1.82) is 0 Å². The fourth-order valence-electron chi connectivity index (χ4n) is 4.45. The maximum atomic E-state index is 11.5. The molecule has 5 nitrogen and oxygen atoms in total. The van der Waals surface area contributed by atoms with E-state index in [4.69, 9.17) is 4.98 Å². The number of aromatic hydroxyl groups is 1. The number of carbonyl (C=O) groups is 1. The summed E-state index contributed by atoms with van der Waals surface area (Å²) in [5.41, 5.74) is 2.30. The van der Waals surface area contributed by atoms with Crippen LogP contribution in [-0.4, -0.2) is 26.7 Å². The molecule has 2 bridgehead atoms. The monoisotopic (exact) mass is 340 g/mol. The van der Waals surface area contributed by atoms with Gasteiger partial charge in [0.1, 0.15) is 5.75 Å². The lowest BCUT2D eigenvalue weighted by molar-refractivity contribution is -0.156. The number of aryl methyl sites for hydroxylation is 1. The molecule has 1 heterocycles. The highest BCUT2D eigenvalue weighted by molar-refractivity contribution is 5.81. The minimum absolute atomic E-state index is 0.0682. The number of phenols is 1. The number of carboxylic acids is 1. The Morgan fingerprint density at radius 2 is 1.84 bits per heavy atom. The van der Waals surface area contributed by atoms with Gasteiger partial charge in [-0.25, -0.2) is 0 Å². The molecule has 2 aromatic rings. The van der Waals surface area contributed by atoms with Crippen LogP contribution in [0.1, 0.15) is 49.8 Å². The summed E-state index contributed by atoms with van der Waals surface area (Å²) < 4.78 is 0. The lowest BCUT2D eigenvalue weighted by Gasteiger charge is -2.51. The van der Waals surface area contributed by atoms with E-state index in [0.717, 1.165) is 60.7 Å². The van der Waals surface area contributed by atoms with Crippen LogP contribution < -0.4 is 5.32 Å². The van der Waals surface area contributed by atoms with E-state index < -0.39 is 11.4 Å². The van der Waals surface area contributed by atoms with Crippen molar-refractivity contribution >= 4 is 16.9 Å². The summed E-state index contributed by atoms with van der Waals surface area (Å²) in [6.45, 7) is 2.56. The third-order valence-corrected chi connectivity index (χ3v) is 6.41. The number of carboxylic acid groups (broad SMARTS) is 1. The van der Waals surface area contributed by atoms with Gasteiger partial charge in [-0.3, -0.25) is 9.78 Å². The lowest BCUT2D eigenvalue weighted by atomic mass is 9.57. The average molecular weight is 340 g/mol. The second kappa shape index (κ2) is 5.70. The third kappa shape index (κ3) is 2.76. The van der Waals surface area contributed by atoms with Gasteiger partial charge >= 0.3 is 5.97 Å². The first-order valence-electron chi connectivity index (χ1n) is 8.99. The summed E-state index contributed by atoms with van der Waals surface area (Å²) >= 11 is 0. The second-order valence-corrected chi connectivity index (χ2v) is 7.85. The topological polar surface area (TPSA) is 82.5 Å². The Bertz CT molecular complexity index is 822. The smallest absolute Gasteiger partial charge is 0.309 e. The summed E-state index contributed by atoms with van der Waals surface area (Å²) in [5.74, 6) is -0.319. The number of phenolic OH excluding ortho intramolecular Hbond substituents is 1. The number of aromatic nitrogens is 1. The van der Waals surface area contributed by atoms with Gasteiger partial charge in [0, 0.05) is 17.5 Å². The van der Waals surface area contributed by atoms with Crippen LogP contribution in [0.4, 0.5) is 0 Å². The van der Waals surface area contributed by atoms with E-state index in [1.54, 1.807) is 6.07 Å². The Labute approximate surface area is 147 Å². The van der Waals surface area contributed by atoms with E-state index in [1.165, 1.54) is 0 Å². The minimum atomic E-state index is -0.615. The predicted octanol–water partition coefficient (Wildman–Crippen LogP) is 3.52. The van der Waals surface area contributed by atoms with Crippen molar-refractivity contribution in [2.45, 2.75) is 57.5 Å². The lowest BCUT2D eigenvalue weighted by Crippen LogP contribution is -2.56. The van der Waals surface area contributed by atoms with E-state index in [0.29, 0.717) is 12.3 Å². The highest BCUT2D eigenvalue weighted by Gasteiger charge is 2.52. The molecule has 0 atom stereocenters. The highest BCUT2D eigenvalue weighted by Crippen LogP contribution is 2.52. The van der Waals surface area contributed by atoms with E-state index in [9.17, 15) is 15.0 Å². The maximum absolute atomic E-state index is 11.5. The Kier molecular flexibility index (Phi) is 3.72. The SMILES string of the molecule is Cc1cc2nc(CNC34CCC(C(=O)O)(CC3)CC4)ccc2cc1O. The molecule has 0 radical (unpaired) electrons. The van der Waals surface area contributed by atoms with Crippen LogP contribution in [0.5, 0.6) is 5.75 Å². The molecule has 0 spiro atoms. The molecular formula is C20H24N2O3. The van der Waals surface area contributed by atoms with Crippen LogP contribution >= 0.6 is 0 Å². The van der Waals surface area contributed by atoms with Crippen molar-refractivity contribution in [2.24, 2.45) is 5.41 Å². The molecule has 25 heavy (non-hydrogen) atoms. The Morgan fingerprint density at radius 1 is 1.16 bits per heavy atom. The van der Waals surface area contributed by atoms with Crippen molar-refractivity contribution in [3.05, 3.63) is 35.5 Å². The van der Waals surface area contributed by atoms with Crippen molar-refractivity contribution < 1.29 is 15.0 Å². The first-order chi connectivity index (χ1) is 11.9. The zero-order valence-corrected chi connectivity index (χ0v) is 14.5. The fraction of sp³-hybridized carbons (Fsp3) is 0.500. The number of pyridine rings is 1. The predicted molar refractivity (Wildman–Crippen MR) is 95.5 cm³/mol. The summed E-state index contributed by atoms with van der Waals surface area (Å²) in [5, 5.41) is 23.9. The zero-order chi connectivity index (χ0) is 17.7. The largest absolute Gasteiger partial charge is 0.508 e. The zero-order valence-electron chi connectivity index (χ0n) is 14.5. The number of aliphatic carboxylic acids is 1. The van der Waals surface area contributed by atoms with Gasteiger partial charge in [0.05, 0.1) is 16.6 Å². The molecular weight excluding hydrogens is 316 g/mol. The molecule has 3 aliphatic carbocycles. The van der Waals surface area contributed by atoms with Crippen LogP contribution in [-0.2, 0) is 11.3 Å². The minimum Gasteiger partial charge on any atom is -0.508 e. The average Bonchev–Trinajstić information content (AvgIpc) is 2.62. The summed E-state index contributed by atoms with van der Waals surface area (Å²) in [6.07, 6.45) is 5.12. The Balaban J connectivity index is 1.48. The standard InChI is InChI=1S/C20H24N2O3/c1-13-10-16-14(11-17(13)23)2-3-15(22-16)12-21-20-7-4-19(5-8-20,6-9-20)18(24)25/h2-3,10-11,21,23H,4-9,12H2,1H3,(H,24,25). The molecule has 0 amide bonds.